The second kappa shape index (κ2) is 6.21. The number of rotatable bonds is 4. The van der Waals surface area contributed by atoms with E-state index in [-0.39, 0.29) is 5.82 Å². The van der Waals surface area contributed by atoms with E-state index < -0.39 is 0 Å². The first-order valence-corrected chi connectivity index (χ1v) is 7.77. The van der Waals surface area contributed by atoms with Crippen molar-refractivity contribution in [2.75, 3.05) is 0 Å². The Labute approximate surface area is 143 Å². The van der Waals surface area contributed by atoms with Crippen molar-refractivity contribution in [2.24, 2.45) is 0 Å². The molecule has 0 atom stereocenters. The highest BCUT2D eigenvalue weighted by atomic mass is 19.1. The van der Waals surface area contributed by atoms with Gasteiger partial charge < -0.3 is 4.57 Å². The largest absolute Gasteiger partial charge is 0.323 e. The summed E-state index contributed by atoms with van der Waals surface area (Å²) in [5, 5.41) is 0. The normalized spacial score (nSPS) is 10.9. The summed E-state index contributed by atoms with van der Waals surface area (Å²) in [4.78, 5) is 13.4. The summed E-state index contributed by atoms with van der Waals surface area (Å²) in [6.07, 6.45) is 10.7. The Bertz CT molecular complexity index is 1090. The van der Waals surface area contributed by atoms with Crippen LogP contribution in [0.1, 0.15) is 5.82 Å². The quantitative estimate of drug-likeness (QED) is 0.540. The SMILES string of the molecule is C#CCn1c(Cn2ccnc2-c2cccc(F)c2)nc2cccnc21. The lowest BCUT2D eigenvalue weighted by Gasteiger charge is -2.09. The van der Waals surface area contributed by atoms with E-state index in [1.807, 2.05) is 33.5 Å². The van der Waals surface area contributed by atoms with Gasteiger partial charge in [-0.2, -0.15) is 0 Å². The van der Waals surface area contributed by atoms with Gasteiger partial charge in [0.15, 0.2) is 5.65 Å². The van der Waals surface area contributed by atoms with Gasteiger partial charge in [-0.05, 0) is 24.3 Å². The second-order valence-corrected chi connectivity index (χ2v) is 5.55. The fourth-order valence-electron chi connectivity index (χ4n) is 2.86. The summed E-state index contributed by atoms with van der Waals surface area (Å²) in [7, 11) is 0. The zero-order valence-electron chi connectivity index (χ0n) is 13.3. The van der Waals surface area contributed by atoms with Crippen LogP contribution >= 0.6 is 0 Å². The molecule has 4 aromatic rings. The molecule has 122 valence electrons. The number of hydrogen-bond acceptors (Lipinski definition) is 3. The maximum Gasteiger partial charge on any atom is 0.160 e. The molecule has 0 aliphatic heterocycles. The van der Waals surface area contributed by atoms with Gasteiger partial charge in [0.05, 0.1) is 13.1 Å². The Morgan fingerprint density at radius 2 is 2.04 bits per heavy atom. The number of benzene rings is 1. The minimum atomic E-state index is -0.296. The highest BCUT2D eigenvalue weighted by molar-refractivity contribution is 5.71. The summed E-state index contributed by atoms with van der Waals surface area (Å²) in [5.41, 5.74) is 2.26. The summed E-state index contributed by atoms with van der Waals surface area (Å²) < 4.78 is 17.4. The van der Waals surface area contributed by atoms with E-state index in [9.17, 15) is 4.39 Å². The lowest BCUT2D eigenvalue weighted by Crippen LogP contribution is -2.09. The fraction of sp³-hybridized carbons (Fsp3) is 0.105. The van der Waals surface area contributed by atoms with E-state index in [1.165, 1.54) is 12.1 Å². The number of aromatic nitrogens is 5. The lowest BCUT2D eigenvalue weighted by molar-refractivity contribution is 0.627. The number of imidazole rings is 2. The molecule has 1 aromatic carbocycles. The van der Waals surface area contributed by atoms with E-state index in [4.69, 9.17) is 6.42 Å². The Morgan fingerprint density at radius 3 is 2.88 bits per heavy atom. The molecule has 0 radical (unpaired) electrons. The molecule has 0 amide bonds. The molecule has 0 saturated heterocycles. The molecule has 0 fully saturated rings. The molecule has 3 aromatic heterocycles. The molecule has 0 spiro atoms. The average Bonchev–Trinajstić information content (AvgIpc) is 3.21. The third-order valence-electron chi connectivity index (χ3n) is 3.94. The van der Waals surface area contributed by atoms with E-state index in [2.05, 4.69) is 20.9 Å². The van der Waals surface area contributed by atoms with Crippen LogP contribution in [0.3, 0.4) is 0 Å². The minimum absolute atomic E-state index is 0.296. The summed E-state index contributed by atoms with van der Waals surface area (Å²) in [6.45, 7) is 0.844. The van der Waals surface area contributed by atoms with Gasteiger partial charge in [-0.15, -0.1) is 6.42 Å². The highest BCUT2D eigenvalue weighted by Gasteiger charge is 2.14. The van der Waals surface area contributed by atoms with Crippen molar-refractivity contribution in [2.45, 2.75) is 13.1 Å². The predicted octanol–water partition coefficient (Wildman–Crippen LogP) is 3.12. The van der Waals surface area contributed by atoms with Crippen molar-refractivity contribution in [1.29, 1.82) is 0 Å². The van der Waals surface area contributed by atoms with Crippen LogP contribution in [0.4, 0.5) is 4.39 Å². The van der Waals surface area contributed by atoms with Crippen LogP contribution < -0.4 is 0 Å². The van der Waals surface area contributed by atoms with Crippen molar-refractivity contribution in [1.82, 2.24) is 24.1 Å². The predicted molar refractivity (Wildman–Crippen MR) is 93.1 cm³/mol. The maximum atomic E-state index is 13.5. The fourth-order valence-corrected chi connectivity index (χ4v) is 2.86. The Balaban J connectivity index is 1.77. The van der Waals surface area contributed by atoms with Crippen LogP contribution in [-0.2, 0) is 13.1 Å². The van der Waals surface area contributed by atoms with E-state index in [1.54, 1.807) is 18.5 Å². The summed E-state index contributed by atoms with van der Waals surface area (Å²) in [5.74, 6) is 3.80. The molecule has 0 bridgehead atoms. The molecule has 0 saturated carbocycles. The van der Waals surface area contributed by atoms with Gasteiger partial charge in [-0.1, -0.05) is 18.1 Å². The first kappa shape index (κ1) is 15.1. The topological polar surface area (TPSA) is 48.5 Å². The van der Waals surface area contributed by atoms with Gasteiger partial charge in [0, 0.05) is 24.2 Å². The molecule has 6 heteroatoms. The molecule has 3 heterocycles. The van der Waals surface area contributed by atoms with Crippen LogP contribution in [0.5, 0.6) is 0 Å². The summed E-state index contributed by atoms with van der Waals surface area (Å²) in [6, 6.07) is 10.1. The van der Waals surface area contributed by atoms with Crippen LogP contribution in [0.15, 0.2) is 55.0 Å². The van der Waals surface area contributed by atoms with E-state index in [0.717, 1.165) is 17.0 Å². The number of hydrogen-bond donors (Lipinski definition) is 0. The Morgan fingerprint density at radius 1 is 1.12 bits per heavy atom. The van der Waals surface area contributed by atoms with Gasteiger partial charge in [-0.3, -0.25) is 4.57 Å². The molecule has 0 unspecified atom stereocenters. The average molecular weight is 331 g/mol. The van der Waals surface area contributed by atoms with Crippen molar-refractivity contribution in [3.8, 4) is 23.7 Å². The molecular formula is C19H14FN5. The standard InChI is InChI=1S/C19H14FN5/c1-2-10-25-17(23-16-7-4-8-21-19(16)25)13-24-11-9-22-18(24)14-5-3-6-15(20)12-14/h1,3-9,11-12H,10,13H2. The third-order valence-corrected chi connectivity index (χ3v) is 3.94. The molecule has 0 N–H and O–H groups in total. The molecule has 0 aliphatic rings. The maximum absolute atomic E-state index is 13.5. The van der Waals surface area contributed by atoms with Gasteiger partial charge in [0.2, 0.25) is 0 Å². The van der Waals surface area contributed by atoms with Crippen LogP contribution in [-0.4, -0.2) is 24.1 Å². The second-order valence-electron chi connectivity index (χ2n) is 5.55. The van der Waals surface area contributed by atoms with E-state index >= 15 is 0 Å². The first-order valence-electron chi connectivity index (χ1n) is 7.77. The van der Waals surface area contributed by atoms with Crippen molar-refractivity contribution in [3.63, 3.8) is 0 Å². The number of halogens is 1. The highest BCUT2D eigenvalue weighted by Crippen LogP contribution is 2.21. The third kappa shape index (κ3) is 2.76. The van der Waals surface area contributed by atoms with Crippen LogP contribution in [0.25, 0.3) is 22.6 Å². The summed E-state index contributed by atoms with van der Waals surface area (Å²) >= 11 is 0. The van der Waals surface area contributed by atoms with Crippen molar-refractivity contribution < 1.29 is 4.39 Å². The van der Waals surface area contributed by atoms with Gasteiger partial charge in [-0.25, -0.2) is 19.3 Å². The van der Waals surface area contributed by atoms with Crippen molar-refractivity contribution >= 4 is 11.2 Å². The van der Waals surface area contributed by atoms with Gasteiger partial charge in [0.1, 0.15) is 23.0 Å². The number of terminal acetylenes is 1. The molecule has 4 rings (SSSR count). The van der Waals surface area contributed by atoms with Gasteiger partial charge >= 0.3 is 0 Å². The smallest absolute Gasteiger partial charge is 0.160 e. The molecule has 0 aliphatic carbocycles. The Kier molecular flexibility index (Phi) is 3.75. The molecule has 25 heavy (non-hydrogen) atoms. The minimum Gasteiger partial charge on any atom is -0.323 e. The zero-order valence-corrected chi connectivity index (χ0v) is 13.3. The Hall–Kier alpha value is -3.46. The monoisotopic (exact) mass is 331 g/mol. The number of fused-ring (bicyclic) bond motifs is 1. The zero-order chi connectivity index (χ0) is 17.2. The number of pyridine rings is 1. The first-order chi connectivity index (χ1) is 12.3. The molecule has 5 nitrogen and oxygen atoms in total. The van der Waals surface area contributed by atoms with Gasteiger partial charge in [0.25, 0.3) is 0 Å². The van der Waals surface area contributed by atoms with E-state index in [0.29, 0.717) is 24.5 Å². The lowest BCUT2D eigenvalue weighted by atomic mass is 10.2. The van der Waals surface area contributed by atoms with Crippen molar-refractivity contribution in [3.05, 3.63) is 66.6 Å². The molecular weight excluding hydrogens is 317 g/mol. The van der Waals surface area contributed by atoms with Crippen LogP contribution in [0, 0.1) is 18.2 Å². The number of nitrogens with zero attached hydrogens (tertiary/aromatic N) is 5. The van der Waals surface area contributed by atoms with Crippen LogP contribution in [0.2, 0.25) is 0 Å².